The molecule has 0 N–H and O–H groups in total. The number of carbonyl (C=O) groups is 2. The number of hydrogen-bond acceptors (Lipinski definition) is 5. The molecule has 2 aliphatic heterocycles. The topological polar surface area (TPSA) is 78.0 Å². The van der Waals surface area contributed by atoms with Crippen molar-refractivity contribution in [1.82, 2.24) is 9.21 Å². The molecular formula is C23H26FN3O4S. The van der Waals surface area contributed by atoms with E-state index in [9.17, 15) is 22.4 Å². The predicted octanol–water partition coefficient (Wildman–Crippen LogP) is 2.39. The zero-order chi connectivity index (χ0) is 23.2. The van der Waals surface area contributed by atoms with Gasteiger partial charge in [-0.05, 0) is 56.2 Å². The van der Waals surface area contributed by atoms with E-state index < -0.39 is 21.9 Å². The summed E-state index contributed by atoms with van der Waals surface area (Å²) in [7, 11) is -3.66. The Bertz CT molecular complexity index is 1150. The van der Waals surface area contributed by atoms with Gasteiger partial charge in [0.15, 0.2) is 0 Å². The van der Waals surface area contributed by atoms with E-state index >= 15 is 0 Å². The molecule has 2 saturated heterocycles. The first kappa shape index (κ1) is 22.6. The molecule has 0 radical (unpaired) electrons. The van der Waals surface area contributed by atoms with Crippen LogP contribution >= 0.6 is 0 Å². The average molecular weight is 460 g/mol. The Morgan fingerprint density at radius 1 is 0.906 bits per heavy atom. The molecule has 0 spiro atoms. The minimum Gasteiger partial charge on any atom is -0.289 e. The molecule has 2 aliphatic rings. The summed E-state index contributed by atoms with van der Waals surface area (Å²) in [4.78, 5) is 28.8. The Kier molecular flexibility index (Phi) is 5.91. The van der Waals surface area contributed by atoms with Crippen LogP contribution < -0.4 is 4.90 Å². The zero-order valence-electron chi connectivity index (χ0n) is 18.3. The fraction of sp³-hybridized carbons (Fsp3) is 0.391. The van der Waals surface area contributed by atoms with E-state index in [2.05, 4.69) is 0 Å². The van der Waals surface area contributed by atoms with Crippen molar-refractivity contribution in [3.63, 3.8) is 0 Å². The Morgan fingerprint density at radius 2 is 1.47 bits per heavy atom. The molecule has 4 rings (SSSR count). The van der Waals surface area contributed by atoms with E-state index in [1.165, 1.54) is 28.6 Å². The summed E-state index contributed by atoms with van der Waals surface area (Å²) in [6.45, 7) is 6.72. The Morgan fingerprint density at radius 3 is 2.03 bits per heavy atom. The Labute approximate surface area is 187 Å². The van der Waals surface area contributed by atoms with Gasteiger partial charge in [-0.2, -0.15) is 4.31 Å². The van der Waals surface area contributed by atoms with Gasteiger partial charge in [-0.1, -0.05) is 17.7 Å². The highest BCUT2D eigenvalue weighted by Gasteiger charge is 2.44. The number of aryl methyl sites for hydroxylation is 3. The molecule has 2 amide bonds. The van der Waals surface area contributed by atoms with Crippen LogP contribution in [0.3, 0.4) is 0 Å². The lowest BCUT2D eigenvalue weighted by atomic mass is 10.1. The number of rotatable bonds is 4. The second-order valence-electron chi connectivity index (χ2n) is 8.43. The third-order valence-electron chi connectivity index (χ3n) is 6.12. The molecule has 9 heteroatoms. The molecule has 0 bridgehead atoms. The summed E-state index contributed by atoms with van der Waals surface area (Å²) in [5, 5.41) is 0. The highest BCUT2D eigenvalue weighted by atomic mass is 32.2. The fourth-order valence-electron chi connectivity index (χ4n) is 4.72. The molecule has 2 aromatic carbocycles. The second-order valence-corrected chi connectivity index (χ2v) is 10.3. The lowest BCUT2D eigenvalue weighted by Gasteiger charge is -2.36. The second kappa shape index (κ2) is 8.38. The lowest BCUT2D eigenvalue weighted by molar-refractivity contribution is -0.123. The molecule has 7 nitrogen and oxygen atoms in total. The minimum atomic E-state index is -3.66. The standard InChI is InChI=1S/C23H26FN3O4S/c1-15-12-16(2)22(17(3)13-15)32(30,31)26-10-8-25(9-11-26)20-14-21(28)27(23(20)29)19-6-4-18(24)5-7-19/h4-7,12-13,20H,8-11,14H2,1-3H3. The third-order valence-corrected chi connectivity index (χ3v) is 8.33. The van der Waals surface area contributed by atoms with Crippen LogP contribution in [0.25, 0.3) is 0 Å². The van der Waals surface area contributed by atoms with Crippen molar-refractivity contribution in [2.45, 2.75) is 38.1 Å². The van der Waals surface area contributed by atoms with E-state index in [4.69, 9.17) is 0 Å². The van der Waals surface area contributed by atoms with Crippen LogP contribution in [0.15, 0.2) is 41.3 Å². The highest BCUT2D eigenvalue weighted by molar-refractivity contribution is 7.89. The summed E-state index contributed by atoms with van der Waals surface area (Å²) >= 11 is 0. The van der Waals surface area contributed by atoms with E-state index in [0.29, 0.717) is 23.7 Å². The number of benzene rings is 2. The molecule has 0 aliphatic carbocycles. The maximum Gasteiger partial charge on any atom is 0.251 e. The first-order valence-electron chi connectivity index (χ1n) is 10.5. The number of nitrogens with zero attached hydrogens (tertiary/aromatic N) is 3. The van der Waals surface area contributed by atoms with Gasteiger partial charge < -0.3 is 0 Å². The molecule has 1 unspecified atom stereocenters. The smallest absolute Gasteiger partial charge is 0.251 e. The first-order valence-corrected chi connectivity index (χ1v) is 12.0. The summed E-state index contributed by atoms with van der Waals surface area (Å²) in [5.74, 6) is -1.14. The van der Waals surface area contributed by atoms with Gasteiger partial charge in [0.25, 0.3) is 5.91 Å². The molecule has 2 fully saturated rings. The van der Waals surface area contributed by atoms with E-state index in [0.717, 1.165) is 21.6 Å². The molecule has 2 aromatic rings. The number of piperazine rings is 1. The van der Waals surface area contributed by atoms with Crippen molar-refractivity contribution >= 4 is 27.5 Å². The Hall–Kier alpha value is -2.62. The van der Waals surface area contributed by atoms with Gasteiger partial charge in [0.05, 0.1) is 23.0 Å². The van der Waals surface area contributed by atoms with Crippen molar-refractivity contribution in [1.29, 1.82) is 0 Å². The van der Waals surface area contributed by atoms with Gasteiger partial charge in [0.1, 0.15) is 5.82 Å². The summed E-state index contributed by atoms with van der Waals surface area (Å²) in [5.41, 5.74) is 2.79. The fourth-order valence-corrected chi connectivity index (χ4v) is 6.55. The van der Waals surface area contributed by atoms with Gasteiger partial charge in [0.2, 0.25) is 15.9 Å². The number of sulfonamides is 1. The molecule has 1 atom stereocenters. The SMILES string of the molecule is Cc1cc(C)c(S(=O)(=O)N2CCN(C3CC(=O)N(c4ccc(F)cc4)C3=O)CC2)c(C)c1. The first-order chi connectivity index (χ1) is 15.1. The minimum absolute atomic E-state index is 0.0269. The molecular weight excluding hydrogens is 433 g/mol. The molecule has 32 heavy (non-hydrogen) atoms. The summed E-state index contributed by atoms with van der Waals surface area (Å²) < 4.78 is 41.3. The molecule has 2 heterocycles. The van der Waals surface area contributed by atoms with Crippen molar-refractivity contribution in [3.8, 4) is 0 Å². The maximum atomic E-state index is 13.3. The van der Waals surface area contributed by atoms with Gasteiger partial charge in [-0.3, -0.25) is 14.5 Å². The number of amides is 2. The van der Waals surface area contributed by atoms with Gasteiger partial charge in [0, 0.05) is 26.2 Å². The number of imide groups is 1. The van der Waals surface area contributed by atoms with Gasteiger partial charge in [-0.25, -0.2) is 17.7 Å². The van der Waals surface area contributed by atoms with Crippen molar-refractivity contribution < 1.29 is 22.4 Å². The van der Waals surface area contributed by atoms with Crippen molar-refractivity contribution in [2.24, 2.45) is 0 Å². The van der Waals surface area contributed by atoms with E-state index in [-0.39, 0.29) is 31.3 Å². The highest BCUT2D eigenvalue weighted by Crippen LogP contribution is 2.29. The quantitative estimate of drug-likeness (QED) is 0.656. The Balaban J connectivity index is 1.48. The third kappa shape index (κ3) is 3.96. The van der Waals surface area contributed by atoms with Crippen LogP contribution in [0.2, 0.25) is 0 Å². The normalized spacial score (nSPS) is 20.9. The predicted molar refractivity (Wildman–Crippen MR) is 118 cm³/mol. The van der Waals surface area contributed by atoms with Crippen molar-refractivity contribution in [2.75, 3.05) is 31.1 Å². The van der Waals surface area contributed by atoms with Gasteiger partial charge >= 0.3 is 0 Å². The van der Waals surface area contributed by atoms with Gasteiger partial charge in [-0.15, -0.1) is 0 Å². The lowest BCUT2D eigenvalue weighted by Crippen LogP contribution is -2.53. The summed E-state index contributed by atoms with van der Waals surface area (Å²) in [6, 6.07) is 8.32. The van der Waals surface area contributed by atoms with E-state index in [1.807, 2.05) is 24.0 Å². The average Bonchev–Trinajstić information content (AvgIpc) is 3.02. The monoisotopic (exact) mass is 459 g/mol. The largest absolute Gasteiger partial charge is 0.289 e. The molecule has 0 aromatic heterocycles. The van der Waals surface area contributed by atoms with Crippen LogP contribution in [-0.4, -0.2) is 61.7 Å². The number of halogens is 1. The van der Waals surface area contributed by atoms with Crippen LogP contribution in [0.4, 0.5) is 10.1 Å². The number of carbonyl (C=O) groups excluding carboxylic acids is 2. The van der Waals surface area contributed by atoms with E-state index in [1.54, 1.807) is 13.8 Å². The van der Waals surface area contributed by atoms with Crippen molar-refractivity contribution in [3.05, 3.63) is 58.9 Å². The molecule has 170 valence electrons. The number of anilines is 1. The number of hydrogen-bond donors (Lipinski definition) is 0. The van der Waals surface area contributed by atoms with Crippen LogP contribution in [0.1, 0.15) is 23.1 Å². The maximum absolute atomic E-state index is 13.3. The summed E-state index contributed by atoms with van der Waals surface area (Å²) in [6.07, 6.45) is 0.0269. The zero-order valence-corrected chi connectivity index (χ0v) is 19.2. The van der Waals surface area contributed by atoms with Crippen LogP contribution in [0, 0.1) is 26.6 Å². The van der Waals surface area contributed by atoms with Crippen LogP contribution in [-0.2, 0) is 19.6 Å². The molecule has 0 saturated carbocycles. The van der Waals surface area contributed by atoms with Crippen LogP contribution in [0.5, 0.6) is 0 Å².